The zero-order valence-corrected chi connectivity index (χ0v) is 11.6. The fourth-order valence-electron chi connectivity index (χ4n) is 3.10. The van der Waals surface area contributed by atoms with E-state index in [-0.39, 0.29) is 11.7 Å². The summed E-state index contributed by atoms with van der Waals surface area (Å²) in [5.41, 5.74) is -0.382. The Kier molecular flexibility index (Phi) is 2.81. The van der Waals surface area contributed by atoms with E-state index in [1.807, 2.05) is 25.7 Å². The number of amides is 1. The predicted octanol–water partition coefficient (Wildman–Crippen LogP) is 1.99. The van der Waals surface area contributed by atoms with Crippen molar-refractivity contribution >= 4 is 6.09 Å². The van der Waals surface area contributed by atoms with Gasteiger partial charge in [0.2, 0.25) is 0 Å². The Morgan fingerprint density at radius 2 is 1.83 bits per heavy atom. The third-order valence-electron chi connectivity index (χ3n) is 4.38. The summed E-state index contributed by atoms with van der Waals surface area (Å²) in [6, 6.07) is 1.43. The van der Waals surface area contributed by atoms with E-state index >= 15 is 0 Å². The molecule has 2 atom stereocenters. The van der Waals surface area contributed by atoms with E-state index in [4.69, 9.17) is 4.74 Å². The average molecular weight is 252 g/mol. The lowest BCUT2D eigenvalue weighted by Crippen LogP contribution is -2.43. The smallest absolute Gasteiger partial charge is 0.410 e. The third kappa shape index (κ3) is 2.35. The van der Waals surface area contributed by atoms with Crippen LogP contribution in [0, 0.1) is 11.8 Å². The number of hydrogen-bond acceptors (Lipinski definition) is 3. The lowest BCUT2D eigenvalue weighted by Gasteiger charge is -2.29. The van der Waals surface area contributed by atoms with Crippen LogP contribution in [0.1, 0.15) is 40.0 Å². The number of likely N-dealkylation sites (tertiary alicyclic amines) is 1. The molecule has 4 heteroatoms. The minimum atomic E-state index is -0.382. The maximum absolute atomic E-state index is 11.9. The lowest BCUT2D eigenvalue weighted by molar-refractivity contribution is 0.0268. The van der Waals surface area contributed by atoms with Crippen LogP contribution in [0.3, 0.4) is 0 Å². The fourth-order valence-corrected chi connectivity index (χ4v) is 3.10. The molecule has 0 bridgehead atoms. The molecule has 0 spiro atoms. The van der Waals surface area contributed by atoms with Gasteiger partial charge in [-0.3, -0.25) is 0 Å². The summed E-state index contributed by atoms with van der Waals surface area (Å²) in [5, 5.41) is 3.72. The molecule has 3 rings (SSSR count). The number of nitrogens with one attached hydrogen (secondary N) is 1. The molecule has 102 valence electrons. The highest BCUT2D eigenvalue weighted by Crippen LogP contribution is 2.46. The number of nitrogens with zero attached hydrogens (tertiary/aromatic N) is 1. The first-order chi connectivity index (χ1) is 8.44. The standard InChI is InChI=1S/C14H24N2O2/c1-14(2,3)18-13(17)16-7-10-11(8-16)12(10)15-9-5-4-6-9/h9-12,15H,4-8H2,1-3H3. The molecular formula is C14H24N2O2. The summed E-state index contributed by atoms with van der Waals surface area (Å²) < 4.78 is 5.41. The van der Waals surface area contributed by atoms with Gasteiger partial charge in [0.25, 0.3) is 0 Å². The van der Waals surface area contributed by atoms with Crippen LogP contribution < -0.4 is 5.32 Å². The Hall–Kier alpha value is -0.770. The number of rotatable bonds is 2. The number of carbonyl (C=O) groups excluding carboxylic acids is 1. The lowest BCUT2D eigenvalue weighted by atomic mass is 9.93. The Labute approximate surface area is 109 Å². The number of hydrogen-bond donors (Lipinski definition) is 1. The van der Waals surface area contributed by atoms with Crippen LogP contribution in [0.4, 0.5) is 4.79 Å². The highest BCUT2D eigenvalue weighted by molar-refractivity contribution is 5.69. The van der Waals surface area contributed by atoms with Crippen molar-refractivity contribution in [3.8, 4) is 0 Å². The van der Waals surface area contributed by atoms with Gasteiger partial charge in [0.1, 0.15) is 5.60 Å². The normalized spacial score (nSPS) is 35.1. The summed E-state index contributed by atoms with van der Waals surface area (Å²) in [6.07, 6.45) is 3.92. The molecule has 2 unspecified atom stereocenters. The summed E-state index contributed by atoms with van der Waals surface area (Å²) in [6.45, 7) is 7.52. The average Bonchev–Trinajstić information content (AvgIpc) is 2.65. The summed E-state index contributed by atoms with van der Waals surface area (Å²) >= 11 is 0. The first-order valence-electron chi connectivity index (χ1n) is 7.18. The molecule has 0 aromatic heterocycles. The van der Waals surface area contributed by atoms with Gasteiger partial charge >= 0.3 is 6.09 Å². The second kappa shape index (κ2) is 4.12. The van der Waals surface area contributed by atoms with Crippen molar-refractivity contribution in [2.45, 2.75) is 57.7 Å². The van der Waals surface area contributed by atoms with Crippen molar-refractivity contribution in [2.75, 3.05) is 13.1 Å². The summed E-state index contributed by atoms with van der Waals surface area (Å²) in [7, 11) is 0. The van der Waals surface area contributed by atoms with Gasteiger partial charge in [-0.2, -0.15) is 0 Å². The first kappa shape index (κ1) is 12.3. The molecule has 0 aromatic rings. The second-order valence-corrected chi connectivity index (χ2v) is 7.03. The van der Waals surface area contributed by atoms with E-state index in [2.05, 4.69) is 5.32 Å². The van der Waals surface area contributed by atoms with Crippen LogP contribution in [0.15, 0.2) is 0 Å². The fraction of sp³-hybridized carbons (Fsp3) is 0.929. The number of piperidine rings is 1. The van der Waals surface area contributed by atoms with Crippen molar-refractivity contribution in [3.63, 3.8) is 0 Å². The van der Waals surface area contributed by atoms with E-state index in [1.165, 1.54) is 19.3 Å². The minimum absolute atomic E-state index is 0.142. The maximum atomic E-state index is 11.9. The topological polar surface area (TPSA) is 41.6 Å². The molecule has 18 heavy (non-hydrogen) atoms. The van der Waals surface area contributed by atoms with E-state index in [1.54, 1.807) is 0 Å². The minimum Gasteiger partial charge on any atom is -0.444 e. The SMILES string of the molecule is CC(C)(C)OC(=O)N1CC2C(C1)C2NC1CCC1. The van der Waals surface area contributed by atoms with Crippen molar-refractivity contribution in [2.24, 2.45) is 11.8 Å². The van der Waals surface area contributed by atoms with Gasteiger partial charge in [-0.15, -0.1) is 0 Å². The van der Waals surface area contributed by atoms with Crippen molar-refractivity contribution < 1.29 is 9.53 Å². The largest absolute Gasteiger partial charge is 0.444 e. The predicted molar refractivity (Wildman–Crippen MR) is 69.3 cm³/mol. The van der Waals surface area contributed by atoms with Gasteiger partial charge in [0, 0.05) is 25.2 Å². The number of carbonyl (C=O) groups is 1. The Morgan fingerprint density at radius 1 is 1.22 bits per heavy atom. The Bertz CT molecular complexity index is 334. The van der Waals surface area contributed by atoms with Gasteiger partial charge in [-0.1, -0.05) is 6.42 Å². The van der Waals surface area contributed by atoms with Gasteiger partial charge in [0.15, 0.2) is 0 Å². The van der Waals surface area contributed by atoms with Crippen LogP contribution in [-0.4, -0.2) is 41.8 Å². The molecule has 2 aliphatic carbocycles. The van der Waals surface area contributed by atoms with E-state index < -0.39 is 0 Å². The van der Waals surface area contributed by atoms with Crippen LogP contribution in [-0.2, 0) is 4.74 Å². The highest BCUT2D eigenvalue weighted by Gasteiger charge is 2.57. The molecule has 1 saturated heterocycles. The molecule has 1 aliphatic heterocycles. The Morgan fingerprint density at radius 3 is 2.28 bits per heavy atom. The third-order valence-corrected chi connectivity index (χ3v) is 4.38. The van der Waals surface area contributed by atoms with Gasteiger partial charge < -0.3 is 15.0 Å². The van der Waals surface area contributed by atoms with Crippen LogP contribution in [0.2, 0.25) is 0 Å². The highest BCUT2D eigenvalue weighted by atomic mass is 16.6. The van der Waals surface area contributed by atoms with Gasteiger partial charge in [-0.25, -0.2) is 4.79 Å². The van der Waals surface area contributed by atoms with Gasteiger partial charge in [-0.05, 0) is 45.4 Å². The molecular weight excluding hydrogens is 228 g/mol. The summed E-state index contributed by atoms with van der Waals surface area (Å²) in [5.74, 6) is 1.36. The number of ether oxygens (including phenoxy) is 1. The van der Waals surface area contributed by atoms with E-state index in [0.717, 1.165) is 19.1 Å². The molecule has 3 aliphatic rings. The van der Waals surface area contributed by atoms with Crippen LogP contribution >= 0.6 is 0 Å². The second-order valence-electron chi connectivity index (χ2n) is 7.03. The van der Waals surface area contributed by atoms with Crippen molar-refractivity contribution in [1.29, 1.82) is 0 Å². The van der Waals surface area contributed by atoms with Crippen LogP contribution in [0.25, 0.3) is 0 Å². The zero-order valence-electron chi connectivity index (χ0n) is 11.6. The number of fused-ring (bicyclic) bond motifs is 1. The molecule has 0 radical (unpaired) electrons. The zero-order chi connectivity index (χ0) is 12.9. The van der Waals surface area contributed by atoms with E-state index in [0.29, 0.717) is 17.9 Å². The quantitative estimate of drug-likeness (QED) is 0.817. The first-order valence-corrected chi connectivity index (χ1v) is 7.18. The molecule has 4 nitrogen and oxygen atoms in total. The van der Waals surface area contributed by atoms with Crippen LogP contribution in [0.5, 0.6) is 0 Å². The monoisotopic (exact) mass is 252 g/mol. The molecule has 1 heterocycles. The molecule has 1 amide bonds. The molecule has 2 saturated carbocycles. The van der Waals surface area contributed by atoms with Gasteiger partial charge in [0.05, 0.1) is 0 Å². The van der Waals surface area contributed by atoms with Crippen molar-refractivity contribution in [3.05, 3.63) is 0 Å². The maximum Gasteiger partial charge on any atom is 0.410 e. The summed E-state index contributed by atoms with van der Waals surface area (Å²) in [4.78, 5) is 13.8. The molecule has 3 fully saturated rings. The molecule has 1 N–H and O–H groups in total. The van der Waals surface area contributed by atoms with E-state index in [9.17, 15) is 4.79 Å². The van der Waals surface area contributed by atoms with Crippen molar-refractivity contribution in [1.82, 2.24) is 10.2 Å². The molecule has 0 aromatic carbocycles. The Balaban J connectivity index is 1.44.